The fourth-order valence-electron chi connectivity index (χ4n) is 2.47. The Morgan fingerprint density at radius 3 is 2.50 bits per heavy atom. The van der Waals surface area contributed by atoms with Crippen molar-refractivity contribution >= 4 is 17.8 Å². The maximum Gasteiger partial charge on any atom is 0.302 e. The molecule has 0 fully saturated rings. The van der Waals surface area contributed by atoms with Gasteiger partial charge in [-0.05, 0) is 26.0 Å². The Bertz CT molecular complexity index is 989. The van der Waals surface area contributed by atoms with Gasteiger partial charge in [0.15, 0.2) is 5.69 Å². The lowest BCUT2D eigenvalue weighted by Gasteiger charge is -2.05. The second-order valence-corrected chi connectivity index (χ2v) is 5.95. The molecule has 3 rings (SSSR count). The number of hydrogen-bond donors (Lipinski definition) is 2. The van der Waals surface area contributed by atoms with Crippen LogP contribution in [0.4, 0.5) is 14.8 Å². The normalized spacial score (nSPS) is 10.7. The van der Waals surface area contributed by atoms with Crippen LogP contribution < -0.4 is 10.6 Å². The topological polar surface area (TPSA) is 110 Å². The molecule has 28 heavy (non-hydrogen) atoms. The largest absolute Gasteiger partial charge is 0.431 e. The molecule has 2 heterocycles. The number of nitrogens with one attached hydrogen (secondary N) is 2. The molecule has 0 aliphatic rings. The number of carbonyl (C=O) groups is 2. The summed E-state index contributed by atoms with van der Waals surface area (Å²) in [5.74, 6) is -2.16. The highest BCUT2D eigenvalue weighted by molar-refractivity contribution is 5.94. The summed E-state index contributed by atoms with van der Waals surface area (Å²) in [6.07, 6.45) is 1.02. The summed E-state index contributed by atoms with van der Waals surface area (Å²) in [5, 5.41) is 8.52. The maximum atomic E-state index is 13.6. The van der Waals surface area contributed by atoms with Crippen LogP contribution in [0.25, 0.3) is 0 Å². The van der Waals surface area contributed by atoms with E-state index in [0.29, 0.717) is 17.0 Å². The lowest BCUT2D eigenvalue weighted by Crippen LogP contribution is -2.24. The van der Waals surface area contributed by atoms with Gasteiger partial charge in [0.1, 0.15) is 23.7 Å². The molecule has 10 heteroatoms. The fraction of sp³-hybridized carbons (Fsp3) is 0.222. The van der Waals surface area contributed by atoms with Crippen molar-refractivity contribution < 1.29 is 27.3 Å². The van der Waals surface area contributed by atoms with Crippen LogP contribution in [0, 0.1) is 25.5 Å². The monoisotopic (exact) mass is 390 g/mol. The summed E-state index contributed by atoms with van der Waals surface area (Å²) < 4.78 is 37.2. The molecule has 0 spiro atoms. The maximum absolute atomic E-state index is 13.6. The third kappa shape index (κ3) is 4.22. The molecule has 2 aromatic heterocycles. The Kier molecular flexibility index (Phi) is 5.48. The Hall–Kier alpha value is -3.56. The van der Waals surface area contributed by atoms with Crippen molar-refractivity contribution in [2.24, 2.45) is 0 Å². The molecule has 0 aliphatic heterocycles. The van der Waals surface area contributed by atoms with Crippen LogP contribution in [0.1, 0.15) is 33.1 Å². The lowest BCUT2D eigenvalue weighted by molar-refractivity contribution is -0.115. The number of aromatic nitrogens is 2. The van der Waals surface area contributed by atoms with E-state index in [-0.39, 0.29) is 30.2 Å². The molecule has 1 aromatic carbocycles. The molecule has 0 atom stereocenters. The van der Waals surface area contributed by atoms with E-state index in [2.05, 4.69) is 20.8 Å². The minimum atomic E-state index is -0.771. The number of nitrogens with zero attached hydrogens (tertiary/aromatic N) is 2. The minimum Gasteiger partial charge on any atom is -0.431 e. The van der Waals surface area contributed by atoms with Gasteiger partial charge in [-0.1, -0.05) is 11.2 Å². The van der Waals surface area contributed by atoms with Crippen molar-refractivity contribution in [1.82, 2.24) is 15.5 Å². The molecule has 0 saturated carbocycles. The molecule has 0 aliphatic carbocycles. The van der Waals surface area contributed by atoms with Crippen LogP contribution in [0.2, 0.25) is 0 Å². The van der Waals surface area contributed by atoms with Gasteiger partial charge in [0.05, 0.1) is 12.1 Å². The minimum absolute atomic E-state index is 0.00234. The zero-order valence-corrected chi connectivity index (χ0v) is 15.0. The van der Waals surface area contributed by atoms with Gasteiger partial charge in [0.25, 0.3) is 5.91 Å². The van der Waals surface area contributed by atoms with Crippen molar-refractivity contribution in [2.75, 3.05) is 5.32 Å². The molecule has 2 N–H and O–H groups in total. The highest BCUT2D eigenvalue weighted by Crippen LogP contribution is 2.15. The van der Waals surface area contributed by atoms with Gasteiger partial charge >= 0.3 is 6.01 Å². The number of carbonyl (C=O) groups excluding carboxylic acids is 2. The summed E-state index contributed by atoms with van der Waals surface area (Å²) >= 11 is 0. The quantitative estimate of drug-likeness (QED) is 0.670. The second-order valence-electron chi connectivity index (χ2n) is 5.95. The van der Waals surface area contributed by atoms with E-state index in [0.717, 1.165) is 18.4 Å². The molecule has 8 nitrogen and oxygen atoms in total. The van der Waals surface area contributed by atoms with Crippen LogP contribution in [0.5, 0.6) is 0 Å². The number of rotatable bonds is 6. The predicted octanol–water partition coefficient (Wildman–Crippen LogP) is 2.67. The standard InChI is InChI=1S/C18H16F2N4O4/c1-9-11(10(2)28-24-9)6-16(25)23-18-22-15(8-27-18)17(26)21-7-12-13(19)4-3-5-14(12)20/h3-5,8H,6-7H2,1-2H3,(H,21,26)(H,22,23,25). The van der Waals surface area contributed by atoms with Gasteiger partial charge in [0, 0.05) is 17.7 Å². The van der Waals surface area contributed by atoms with E-state index in [1.54, 1.807) is 13.8 Å². The molecular weight excluding hydrogens is 374 g/mol. The highest BCUT2D eigenvalue weighted by atomic mass is 19.1. The zero-order chi connectivity index (χ0) is 20.3. The molecule has 0 bridgehead atoms. The molecular formula is C18H16F2N4O4. The number of halogens is 2. The van der Waals surface area contributed by atoms with Crippen molar-refractivity contribution in [3.05, 3.63) is 64.4 Å². The summed E-state index contributed by atoms with van der Waals surface area (Å²) in [7, 11) is 0. The third-order valence-corrected chi connectivity index (χ3v) is 3.99. The van der Waals surface area contributed by atoms with Crippen molar-refractivity contribution in [2.45, 2.75) is 26.8 Å². The van der Waals surface area contributed by atoms with Crippen molar-refractivity contribution in [3.8, 4) is 0 Å². The lowest BCUT2D eigenvalue weighted by atomic mass is 10.1. The summed E-state index contributed by atoms with van der Waals surface area (Å²) in [4.78, 5) is 28.0. The van der Waals surface area contributed by atoms with Gasteiger partial charge in [-0.2, -0.15) is 4.98 Å². The number of oxazole rings is 1. The van der Waals surface area contributed by atoms with Crippen molar-refractivity contribution in [1.29, 1.82) is 0 Å². The van der Waals surface area contributed by atoms with E-state index >= 15 is 0 Å². The average Bonchev–Trinajstić information content (AvgIpc) is 3.23. The van der Waals surface area contributed by atoms with Crippen molar-refractivity contribution in [3.63, 3.8) is 0 Å². The fourth-order valence-corrected chi connectivity index (χ4v) is 2.47. The first-order valence-electron chi connectivity index (χ1n) is 8.23. The smallest absolute Gasteiger partial charge is 0.302 e. The molecule has 0 saturated heterocycles. The Morgan fingerprint density at radius 2 is 1.86 bits per heavy atom. The van der Waals surface area contributed by atoms with Crippen LogP contribution in [-0.2, 0) is 17.8 Å². The first-order chi connectivity index (χ1) is 13.3. The van der Waals surface area contributed by atoms with Gasteiger partial charge in [-0.25, -0.2) is 8.78 Å². The Labute approximate surface area is 157 Å². The number of hydrogen-bond acceptors (Lipinski definition) is 6. The van der Waals surface area contributed by atoms with Crippen LogP contribution in [-0.4, -0.2) is 22.0 Å². The molecule has 0 unspecified atom stereocenters. The van der Waals surface area contributed by atoms with Crippen LogP contribution in [0.3, 0.4) is 0 Å². The third-order valence-electron chi connectivity index (χ3n) is 3.99. The second kappa shape index (κ2) is 7.99. The summed E-state index contributed by atoms with van der Waals surface area (Å²) in [6.45, 7) is 3.04. The number of amides is 2. The van der Waals surface area contributed by atoms with Gasteiger partial charge in [0.2, 0.25) is 5.91 Å². The summed E-state index contributed by atoms with van der Waals surface area (Å²) in [6, 6.07) is 3.23. The molecule has 0 radical (unpaired) electrons. The van der Waals surface area contributed by atoms with E-state index in [9.17, 15) is 18.4 Å². The van der Waals surface area contributed by atoms with E-state index in [1.807, 2.05) is 0 Å². The Morgan fingerprint density at radius 1 is 1.14 bits per heavy atom. The van der Waals surface area contributed by atoms with Gasteiger partial charge in [-0.3, -0.25) is 14.9 Å². The molecule has 146 valence electrons. The van der Waals surface area contributed by atoms with Crippen LogP contribution in [0.15, 0.2) is 33.4 Å². The molecule has 3 aromatic rings. The Balaban J connectivity index is 1.59. The van der Waals surface area contributed by atoms with E-state index in [1.165, 1.54) is 6.07 Å². The van der Waals surface area contributed by atoms with Gasteiger partial charge < -0.3 is 14.3 Å². The molecule has 2 amide bonds. The SMILES string of the molecule is Cc1noc(C)c1CC(=O)Nc1nc(C(=O)NCc2c(F)cccc2F)co1. The number of aryl methyl sites for hydroxylation is 2. The zero-order valence-electron chi connectivity index (χ0n) is 15.0. The average molecular weight is 390 g/mol. The predicted molar refractivity (Wildman–Crippen MR) is 92.3 cm³/mol. The summed E-state index contributed by atoms with van der Waals surface area (Å²) in [5.41, 5.74) is 0.825. The van der Waals surface area contributed by atoms with E-state index in [4.69, 9.17) is 8.94 Å². The highest BCUT2D eigenvalue weighted by Gasteiger charge is 2.18. The van der Waals surface area contributed by atoms with E-state index < -0.39 is 23.4 Å². The first kappa shape index (κ1) is 19.2. The van der Waals surface area contributed by atoms with Gasteiger partial charge in [-0.15, -0.1) is 0 Å². The first-order valence-corrected chi connectivity index (χ1v) is 8.23. The number of anilines is 1. The number of benzene rings is 1. The van der Waals surface area contributed by atoms with Crippen LogP contribution >= 0.6 is 0 Å².